The Balaban J connectivity index is 2.34. The van der Waals surface area contributed by atoms with Crippen LogP contribution in [0.25, 0.3) is 0 Å². The lowest BCUT2D eigenvalue weighted by molar-refractivity contribution is 0.101. The molecule has 0 fully saturated rings. The lowest BCUT2D eigenvalue weighted by Gasteiger charge is -2.14. The molecule has 0 bridgehead atoms. The summed E-state index contributed by atoms with van der Waals surface area (Å²) in [5.41, 5.74) is 3.30. The Kier molecular flexibility index (Phi) is 2.33. The van der Waals surface area contributed by atoms with Gasteiger partial charge >= 0.3 is 0 Å². The Hall–Kier alpha value is -1.55. The van der Waals surface area contributed by atoms with Gasteiger partial charge in [0.2, 0.25) is 0 Å². The van der Waals surface area contributed by atoms with Gasteiger partial charge in [-0.15, -0.1) is 0 Å². The number of hydrogen-bond acceptors (Lipinski definition) is 4. The van der Waals surface area contributed by atoms with Crippen molar-refractivity contribution in [3.8, 4) is 11.5 Å². The maximum atomic E-state index is 11.8. The number of benzene rings is 1. The highest BCUT2D eigenvalue weighted by Crippen LogP contribution is 2.44. The van der Waals surface area contributed by atoms with E-state index >= 15 is 0 Å². The molecule has 0 radical (unpaired) electrons. The second-order valence-electron chi connectivity index (χ2n) is 4.38. The molecule has 0 aromatic heterocycles. The van der Waals surface area contributed by atoms with E-state index in [4.69, 9.17) is 9.47 Å². The first-order valence-electron chi connectivity index (χ1n) is 5.82. The summed E-state index contributed by atoms with van der Waals surface area (Å²) in [7, 11) is 0. The Morgan fingerprint density at radius 2 is 1.82 bits per heavy atom. The van der Waals surface area contributed by atoms with E-state index in [1.807, 2.05) is 0 Å². The van der Waals surface area contributed by atoms with Gasteiger partial charge in [-0.3, -0.25) is 4.79 Å². The maximum absolute atomic E-state index is 11.8. The summed E-state index contributed by atoms with van der Waals surface area (Å²) >= 11 is 0. The van der Waals surface area contributed by atoms with E-state index in [1.54, 1.807) is 6.92 Å². The fraction of sp³-hybridized carbons (Fsp3) is 0.462. The van der Waals surface area contributed by atoms with Crippen LogP contribution in [-0.2, 0) is 19.4 Å². The first-order valence-corrected chi connectivity index (χ1v) is 5.82. The molecule has 0 atom stereocenters. The summed E-state index contributed by atoms with van der Waals surface area (Å²) in [4.78, 5) is 11.8. The molecule has 17 heavy (non-hydrogen) atoms. The van der Waals surface area contributed by atoms with Crippen molar-refractivity contribution in [2.45, 2.75) is 26.4 Å². The molecule has 0 saturated carbocycles. The van der Waals surface area contributed by atoms with Gasteiger partial charge in [0, 0.05) is 29.5 Å². The van der Waals surface area contributed by atoms with E-state index in [0.717, 1.165) is 23.1 Å². The van der Waals surface area contributed by atoms with Crippen molar-refractivity contribution in [3.05, 3.63) is 22.3 Å². The molecule has 2 aliphatic rings. The first-order chi connectivity index (χ1) is 8.24. The SMILES string of the molecule is CC(=O)c1c2c(c(CO)c3c1OCC3)OCC2. The van der Waals surface area contributed by atoms with Crippen molar-refractivity contribution in [2.75, 3.05) is 13.2 Å². The van der Waals surface area contributed by atoms with E-state index in [9.17, 15) is 9.90 Å². The molecular formula is C13H14O4. The molecule has 3 rings (SSSR count). The van der Waals surface area contributed by atoms with Gasteiger partial charge in [-0.25, -0.2) is 0 Å². The largest absolute Gasteiger partial charge is 0.493 e. The number of aliphatic hydroxyl groups is 1. The van der Waals surface area contributed by atoms with Gasteiger partial charge in [-0.2, -0.15) is 0 Å². The standard InChI is InChI=1S/C13H14O4/c1-7(15)11-9-3-5-16-12(9)10(6-14)8-2-4-17-13(8)11/h14H,2-6H2,1H3. The molecule has 0 aliphatic carbocycles. The number of Topliss-reactive ketones (excluding diaryl/α,β-unsaturated/α-hetero) is 1. The molecule has 1 N–H and O–H groups in total. The highest BCUT2D eigenvalue weighted by Gasteiger charge is 2.32. The molecule has 2 aliphatic heterocycles. The van der Waals surface area contributed by atoms with Crippen LogP contribution in [0.2, 0.25) is 0 Å². The average Bonchev–Trinajstić information content (AvgIpc) is 2.92. The maximum Gasteiger partial charge on any atom is 0.163 e. The molecule has 4 nitrogen and oxygen atoms in total. The third-order valence-corrected chi connectivity index (χ3v) is 3.42. The van der Waals surface area contributed by atoms with Crippen LogP contribution in [0.1, 0.15) is 34.0 Å². The summed E-state index contributed by atoms with van der Waals surface area (Å²) < 4.78 is 11.1. The molecule has 4 heteroatoms. The van der Waals surface area contributed by atoms with Gasteiger partial charge in [-0.05, 0) is 6.92 Å². The fourth-order valence-electron chi connectivity index (χ4n) is 2.74. The normalized spacial score (nSPS) is 16.1. The van der Waals surface area contributed by atoms with Crippen LogP contribution in [0.15, 0.2) is 0 Å². The number of ether oxygens (including phenoxy) is 2. The first kappa shape index (κ1) is 10.6. The van der Waals surface area contributed by atoms with E-state index in [2.05, 4.69) is 0 Å². The third kappa shape index (κ3) is 1.37. The topological polar surface area (TPSA) is 55.8 Å². The average molecular weight is 234 g/mol. The quantitative estimate of drug-likeness (QED) is 0.782. The van der Waals surface area contributed by atoms with Crippen LogP contribution in [0.5, 0.6) is 11.5 Å². The summed E-state index contributed by atoms with van der Waals surface area (Å²) in [6.07, 6.45) is 1.45. The zero-order valence-corrected chi connectivity index (χ0v) is 9.71. The number of hydrogen-bond donors (Lipinski definition) is 1. The van der Waals surface area contributed by atoms with Crippen LogP contribution in [0.4, 0.5) is 0 Å². The second-order valence-corrected chi connectivity index (χ2v) is 4.38. The lowest BCUT2D eigenvalue weighted by Crippen LogP contribution is -2.04. The van der Waals surface area contributed by atoms with Crippen molar-refractivity contribution < 1.29 is 19.4 Å². The summed E-state index contributed by atoms with van der Waals surface area (Å²) in [6, 6.07) is 0. The molecule has 1 aromatic carbocycles. The fourth-order valence-corrected chi connectivity index (χ4v) is 2.74. The van der Waals surface area contributed by atoms with Crippen molar-refractivity contribution in [2.24, 2.45) is 0 Å². The Bertz CT molecular complexity index is 470. The Morgan fingerprint density at radius 1 is 1.18 bits per heavy atom. The number of ketones is 1. The number of carbonyl (C=O) groups excluding carboxylic acids is 1. The summed E-state index contributed by atoms with van der Waals surface area (Å²) in [5, 5.41) is 9.47. The molecule has 0 amide bonds. The number of carbonyl (C=O) groups is 1. The molecular weight excluding hydrogens is 220 g/mol. The Morgan fingerprint density at radius 3 is 2.47 bits per heavy atom. The highest BCUT2D eigenvalue weighted by molar-refractivity contribution is 6.00. The van der Waals surface area contributed by atoms with Gasteiger partial charge in [0.05, 0.1) is 25.4 Å². The monoisotopic (exact) mass is 234 g/mol. The summed E-state index contributed by atoms with van der Waals surface area (Å²) in [6.45, 7) is 2.64. The van der Waals surface area contributed by atoms with Gasteiger partial charge in [0.25, 0.3) is 0 Å². The van der Waals surface area contributed by atoms with Crippen molar-refractivity contribution in [3.63, 3.8) is 0 Å². The zero-order chi connectivity index (χ0) is 12.0. The van der Waals surface area contributed by atoms with Gasteiger partial charge in [0.15, 0.2) is 5.78 Å². The molecule has 0 unspecified atom stereocenters. The molecule has 0 spiro atoms. The van der Waals surface area contributed by atoms with Gasteiger partial charge in [-0.1, -0.05) is 0 Å². The number of fused-ring (bicyclic) bond motifs is 2. The minimum atomic E-state index is -0.0633. The van der Waals surface area contributed by atoms with Crippen LogP contribution in [0, 0.1) is 0 Å². The van der Waals surface area contributed by atoms with Crippen LogP contribution in [0.3, 0.4) is 0 Å². The van der Waals surface area contributed by atoms with Crippen molar-refractivity contribution in [1.29, 1.82) is 0 Å². The lowest BCUT2D eigenvalue weighted by atomic mass is 9.93. The smallest absolute Gasteiger partial charge is 0.163 e. The van der Waals surface area contributed by atoms with Crippen LogP contribution >= 0.6 is 0 Å². The highest BCUT2D eigenvalue weighted by atomic mass is 16.5. The third-order valence-electron chi connectivity index (χ3n) is 3.42. The molecule has 0 saturated heterocycles. The van der Waals surface area contributed by atoms with E-state index in [-0.39, 0.29) is 12.4 Å². The number of aliphatic hydroxyl groups excluding tert-OH is 1. The van der Waals surface area contributed by atoms with E-state index < -0.39 is 0 Å². The minimum Gasteiger partial charge on any atom is -0.493 e. The van der Waals surface area contributed by atoms with Gasteiger partial charge in [0.1, 0.15) is 11.5 Å². The second kappa shape index (κ2) is 3.74. The van der Waals surface area contributed by atoms with Gasteiger partial charge < -0.3 is 14.6 Å². The molecule has 90 valence electrons. The minimum absolute atomic E-state index is 0.00869. The van der Waals surface area contributed by atoms with Crippen LogP contribution < -0.4 is 9.47 Å². The van der Waals surface area contributed by atoms with Crippen molar-refractivity contribution >= 4 is 5.78 Å². The predicted octanol–water partition coefficient (Wildman–Crippen LogP) is 1.25. The van der Waals surface area contributed by atoms with Crippen LogP contribution in [-0.4, -0.2) is 24.1 Å². The molecule has 1 aromatic rings. The van der Waals surface area contributed by atoms with E-state index in [0.29, 0.717) is 36.7 Å². The number of rotatable bonds is 2. The predicted molar refractivity (Wildman–Crippen MR) is 60.8 cm³/mol. The van der Waals surface area contributed by atoms with E-state index in [1.165, 1.54) is 0 Å². The Labute approximate surface area is 99.2 Å². The molecule has 2 heterocycles. The van der Waals surface area contributed by atoms with Crippen molar-refractivity contribution in [1.82, 2.24) is 0 Å². The summed E-state index contributed by atoms with van der Waals surface area (Å²) in [5.74, 6) is 1.39. The zero-order valence-electron chi connectivity index (χ0n) is 9.71.